The molecule has 0 aliphatic carbocycles. The minimum absolute atomic E-state index is 0.309. The molecule has 1 aliphatic heterocycles. The third kappa shape index (κ3) is 3.50. The van der Waals surface area contributed by atoms with E-state index in [1.165, 1.54) is 6.07 Å². The Kier molecular flexibility index (Phi) is 4.75. The van der Waals surface area contributed by atoms with Crippen LogP contribution < -0.4 is 11.1 Å². The van der Waals surface area contributed by atoms with Crippen LogP contribution in [-0.4, -0.2) is 26.6 Å². The SMILES string of the molecule is N#C[C@@H](C(=O)c1cccc(NC(N)=O)c1)c1nnc2n1CCCCC2. The Balaban J connectivity index is 1.92. The van der Waals surface area contributed by atoms with Gasteiger partial charge in [-0.1, -0.05) is 18.6 Å². The number of amides is 2. The number of rotatable bonds is 4. The number of Topliss-reactive ketones (excluding diaryl/α,β-unsaturated/α-hetero) is 1. The number of hydrogen-bond acceptors (Lipinski definition) is 5. The maximum absolute atomic E-state index is 12.8. The molecule has 3 N–H and O–H groups in total. The lowest BCUT2D eigenvalue weighted by Gasteiger charge is -2.12. The fourth-order valence-electron chi connectivity index (χ4n) is 3.01. The highest BCUT2D eigenvalue weighted by Gasteiger charge is 2.29. The van der Waals surface area contributed by atoms with Crippen molar-refractivity contribution < 1.29 is 9.59 Å². The van der Waals surface area contributed by atoms with Crippen molar-refractivity contribution >= 4 is 17.5 Å². The van der Waals surface area contributed by atoms with Gasteiger partial charge in [0.2, 0.25) is 0 Å². The Morgan fingerprint density at radius 3 is 2.88 bits per heavy atom. The fourth-order valence-corrected chi connectivity index (χ4v) is 3.01. The number of aromatic nitrogens is 3. The number of nitriles is 1. The molecule has 0 spiro atoms. The number of carbonyl (C=O) groups excluding carboxylic acids is 2. The molecule has 3 rings (SSSR count). The van der Waals surface area contributed by atoms with E-state index in [4.69, 9.17) is 5.73 Å². The van der Waals surface area contributed by atoms with Gasteiger partial charge in [-0.05, 0) is 25.0 Å². The number of hydrogen-bond donors (Lipinski definition) is 2. The summed E-state index contributed by atoms with van der Waals surface area (Å²) in [5.41, 5.74) is 5.80. The fraction of sp³-hybridized carbons (Fsp3) is 0.353. The summed E-state index contributed by atoms with van der Waals surface area (Å²) in [5, 5.41) is 20.3. The Labute approximate surface area is 144 Å². The summed E-state index contributed by atoms with van der Waals surface area (Å²) in [5.74, 6) is -0.208. The highest BCUT2D eigenvalue weighted by atomic mass is 16.2. The predicted octanol–water partition coefficient (Wildman–Crippen LogP) is 1.99. The number of benzene rings is 1. The minimum atomic E-state index is -1.04. The van der Waals surface area contributed by atoms with Gasteiger partial charge in [-0.2, -0.15) is 5.26 Å². The summed E-state index contributed by atoms with van der Waals surface area (Å²) in [6.07, 6.45) is 3.90. The molecule has 0 radical (unpaired) electrons. The first-order valence-corrected chi connectivity index (χ1v) is 8.12. The minimum Gasteiger partial charge on any atom is -0.351 e. The van der Waals surface area contributed by atoms with Crippen molar-refractivity contribution in [3.63, 3.8) is 0 Å². The standard InChI is InChI=1S/C17H18N6O2/c18-10-13(16-22-21-14-7-2-1-3-8-23(14)16)15(24)11-5-4-6-12(9-11)20-17(19)25/h4-6,9,13H,1-3,7-8H2,(H3,19,20,25)/t13-/m0/s1. The van der Waals surface area contributed by atoms with Crippen LogP contribution in [0, 0.1) is 11.3 Å². The van der Waals surface area contributed by atoms with Gasteiger partial charge in [-0.15, -0.1) is 10.2 Å². The molecule has 0 saturated carbocycles. The van der Waals surface area contributed by atoms with E-state index >= 15 is 0 Å². The van der Waals surface area contributed by atoms with Crippen molar-refractivity contribution in [2.45, 2.75) is 38.1 Å². The molecule has 1 atom stereocenters. The van der Waals surface area contributed by atoms with E-state index in [-0.39, 0.29) is 5.78 Å². The van der Waals surface area contributed by atoms with Crippen molar-refractivity contribution in [2.24, 2.45) is 5.73 Å². The van der Waals surface area contributed by atoms with Crippen molar-refractivity contribution in [1.29, 1.82) is 5.26 Å². The summed E-state index contributed by atoms with van der Waals surface area (Å²) < 4.78 is 1.89. The number of ketones is 1. The molecule has 2 heterocycles. The second-order valence-electron chi connectivity index (χ2n) is 5.93. The summed E-state index contributed by atoms with van der Waals surface area (Å²) >= 11 is 0. The van der Waals surface area contributed by atoms with Crippen molar-refractivity contribution in [1.82, 2.24) is 14.8 Å². The smallest absolute Gasteiger partial charge is 0.316 e. The number of nitrogens with two attached hydrogens (primary N) is 1. The molecular formula is C17H18N6O2. The summed E-state index contributed by atoms with van der Waals surface area (Å²) in [4.78, 5) is 23.8. The normalized spacial score (nSPS) is 14.7. The van der Waals surface area contributed by atoms with Crippen LogP contribution in [0.1, 0.15) is 47.2 Å². The first-order valence-electron chi connectivity index (χ1n) is 8.12. The molecule has 0 saturated heterocycles. The monoisotopic (exact) mass is 338 g/mol. The van der Waals surface area contributed by atoms with Crippen LogP contribution in [-0.2, 0) is 13.0 Å². The zero-order valence-electron chi connectivity index (χ0n) is 13.6. The molecule has 1 aromatic carbocycles. The van der Waals surface area contributed by atoms with Gasteiger partial charge in [0.25, 0.3) is 0 Å². The van der Waals surface area contributed by atoms with Gasteiger partial charge in [-0.3, -0.25) is 4.79 Å². The largest absolute Gasteiger partial charge is 0.351 e. The van der Waals surface area contributed by atoms with Crippen LogP contribution >= 0.6 is 0 Å². The molecule has 0 unspecified atom stereocenters. The molecule has 2 amide bonds. The maximum atomic E-state index is 12.8. The lowest BCUT2D eigenvalue weighted by Crippen LogP contribution is -2.20. The zero-order valence-corrected chi connectivity index (χ0v) is 13.6. The summed E-state index contributed by atoms with van der Waals surface area (Å²) in [6.45, 7) is 0.715. The van der Waals surface area contributed by atoms with Gasteiger partial charge in [0.1, 0.15) is 5.82 Å². The van der Waals surface area contributed by atoms with E-state index in [0.717, 1.165) is 31.5 Å². The van der Waals surface area contributed by atoms with Crippen LogP contribution in [0.4, 0.5) is 10.5 Å². The number of nitrogens with zero attached hydrogens (tertiary/aromatic N) is 4. The third-order valence-electron chi connectivity index (χ3n) is 4.20. The average molecular weight is 338 g/mol. The first kappa shape index (κ1) is 16.6. The number of aryl methyl sites for hydroxylation is 1. The number of fused-ring (bicyclic) bond motifs is 1. The molecule has 1 aliphatic rings. The molecule has 8 heteroatoms. The van der Waals surface area contributed by atoms with Gasteiger partial charge >= 0.3 is 6.03 Å². The number of anilines is 1. The number of nitrogens with one attached hydrogen (secondary N) is 1. The van der Waals surface area contributed by atoms with Crippen molar-refractivity contribution in [2.75, 3.05) is 5.32 Å². The molecular weight excluding hydrogens is 320 g/mol. The number of carbonyl (C=O) groups is 2. The van der Waals surface area contributed by atoms with Crippen LogP contribution in [0.15, 0.2) is 24.3 Å². The molecule has 25 heavy (non-hydrogen) atoms. The van der Waals surface area contributed by atoms with Crippen LogP contribution in [0.5, 0.6) is 0 Å². The summed E-state index contributed by atoms with van der Waals surface area (Å²) in [6, 6.07) is 7.66. The molecule has 0 bridgehead atoms. The molecule has 8 nitrogen and oxygen atoms in total. The Morgan fingerprint density at radius 1 is 1.28 bits per heavy atom. The predicted molar refractivity (Wildman–Crippen MR) is 89.9 cm³/mol. The number of primary amides is 1. The van der Waals surface area contributed by atoms with E-state index in [1.54, 1.807) is 18.2 Å². The van der Waals surface area contributed by atoms with E-state index in [1.807, 2.05) is 10.6 Å². The molecule has 1 aromatic heterocycles. The highest BCUT2D eigenvalue weighted by Crippen LogP contribution is 2.24. The molecule has 2 aromatic rings. The van der Waals surface area contributed by atoms with Crippen molar-refractivity contribution in [3.8, 4) is 6.07 Å². The van der Waals surface area contributed by atoms with Gasteiger partial charge in [0, 0.05) is 24.2 Å². The van der Waals surface area contributed by atoms with E-state index in [2.05, 4.69) is 15.5 Å². The quantitative estimate of drug-likeness (QED) is 0.824. The van der Waals surface area contributed by atoms with Crippen molar-refractivity contribution in [3.05, 3.63) is 41.5 Å². The van der Waals surface area contributed by atoms with Gasteiger partial charge < -0.3 is 15.6 Å². The molecule has 128 valence electrons. The van der Waals surface area contributed by atoms with E-state index in [0.29, 0.717) is 23.6 Å². The van der Waals surface area contributed by atoms with Crippen LogP contribution in [0.3, 0.4) is 0 Å². The van der Waals surface area contributed by atoms with E-state index < -0.39 is 11.9 Å². The zero-order chi connectivity index (χ0) is 17.8. The Morgan fingerprint density at radius 2 is 2.12 bits per heavy atom. The number of urea groups is 1. The lowest BCUT2D eigenvalue weighted by molar-refractivity contribution is 0.0974. The average Bonchev–Trinajstić information content (AvgIpc) is 2.83. The highest BCUT2D eigenvalue weighted by molar-refractivity contribution is 6.03. The Bertz CT molecular complexity index is 851. The topological polar surface area (TPSA) is 127 Å². The summed E-state index contributed by atoms with van der Waals surface area (Å²) in [7, 11) is 0. The van der Waals surface area contributed by atoms with E-state index in [9.17, 15) is 14.9 Å². The lowest BCUT2D eigenvalue weighted by atomic mass is 9.97. The molecule has 0 fully saturated rings. The van der Waals surface area contributed by atoms with Gasteiger partial charge in [0.05, 0.1) is 6.07 Å². The van der Waals surface area contributed by atoms with Crippen LogP contribution in [0.25, 0.3) is 0 Å². The van der Waals surface area contributed by atoms with Gasteiger partial charge in [-0.25, -0.2) is 4.79 Å². The van der Waals surface area contributed by atoms with Gasteiger partial charge in [0.15, 0.2) is 17.5 Å². The third-order valence-corrected chi connectivity index (χ3v) is 4.20. The Hall–Kier alpha value is -3.21. The maximum Gasteiger partial charge on any atom is 0.316 e. The van der Waals surface area contributed by atoms with Crippen LogP contribution in [0.2, 0.25) is 0 Å². The second-order valence-corrected chi connectivity index (χ2v) is 5.93. The second kappa shape index (κ2) is 7.13. The first-order chi connectivity index (χ1) is 12.1.